The number of aromatic nitrogens is 1. The van der Waals surface area contributed by atoms with Crippen molar-refractivity contribution in [3.8, 4) is 0 Å². The van der Waals surface area contributed by atoms with Crippen molar-refractivity contribution in [1.29, 1.82) is 0 Å². The van der Waals surface area contributed by atoms with Crippen LogP contribution in [0, 0.1) is 0 Å². The summed E-state index contributed by atoms with van der Waals surface area (Å²) in [6.45, 7) is 10.5. The summed E-state index contributed by atoms with van der Waals surface area (Å²) >= 11 is 0. The van der Waals surface area contributed by atoms with Crippen molar-refractivity contribution in [2.45, 2.75) is 51.1 Å². The highest BCUT2D eigenvalue weighted by molar-refractivity contribution is 5.95. The molecule has 0 spiro atoms. The van der Waals surface area contributed by atoms with Crippen LogP contribution in [-0.2, 0) is 28.3 Å². The molecule has 2 saturated heterocycles. The molecule has 2 aliphatic rings. The molecule has 3 aromatic rings. The lowest BCUT2D eigenvalue weighted by Crippen LogP contribution is -2.56. The lowest BCUT2D eigenvalue weighted by molar-refractivity contribution is -0.143. The molecule has 1 atom stereocenters. The van der Waals surface area contributed by atoms with Gasteiger partial charge in [-0.2, -0.15) is 26.3 Å². The molecule has 14 heteroatoms. The molecule has 0 saturated carbocycles. The number of rotatable bonds is 9. The van der Waals surface area contributed by atoms with Gasteiger partial charge >= 0.3 is 12.4 Å². The maximum absolute atomic E-state index is 13.8. The lowest BCUT2D eigenvalue weighted by Gasteiger charge is -2.42. The Morgan fingerprint density at radius 3 is 2.30 bits per heavy atom. The Labute approximate surface area is 269 Å². The summed E-state index contributed by atoms with van der Waals surface area (Å²) in [5.74, 6) is -0.884. The molecule has 0 aliphatic carbocycles. The average Bonchev–Trinajstić information content (AvgIpc) is 3.43. The summed E-state index contributed by atoms with van der Waals surface area (Å²) in [7, 11) is 0. The van der Waals surface area contributed by atoms with E-state index in [1.54, 1.807) is 0 Å². The van der Waals surface area contributed by atoms with E-state index in [2.05, 4.69) is 33.8 Å². The number of carbonyl (C=O) groups is 1. The Morgan fingerprint density at radius 1 is 0.979 bits per heavy atom. The number of aromatic amines is 1. The first kappa shape index (κ1) is 34.7. The molecule has 3 heterocycles. The van der Waals surface area contributed by atoms with E-state index in [4.69, 9.17) is 9.57 Å². The number of nitrogens with zero attached hydrogens (tertiary/aromatic N) is 4. The molecule has 2 aliphatic heterocycles. The van der Waals surface area contributed by atoms with Crippen molar-refractivity contribution in [3.05, 3.63) is 70.9 Å². The second-order valence-corrected chi connectivity index (χ2v) is 12.8. The number of fused-ring (bicyclic) bond motifs is 1. The number of halogens is 6. The Kier molecular flexibility index (Phi) is 10.2. The number of carbonyl (C=O) groups excluding carboxylic acids is 1. The zero-order chi connectivity index (χ0) is 34.0. The van der Waals surface area contributed by atoms with Gasteiger partial charge in [0, 0.05) is 68.0 Å². The van der Waals surface area contributed by atoms with Crippen LogP contribution < -0.4 is 0 Å². The molecular weight excluding hydrogens is 628 g/mol. The van der Waals surface area contributed by atoms with Gasteiger partial charge in [0.1, 0.15) is 6.61 Å². The van der Waals surface area contributed by atoms with Crippen LogP contribution in [0.15, 0.2) is 53.8 Å². The van der Waals surface area contributed by atoms with Crippen LogP contribution in [0.5, 0.6) is 0 Å². The van der Waals surface area contributed by atoms with E-state index >= 15 is 0 Å². The summed E-state index contributed by atoms with van der Waals surface area (Å²) in [6, 6.07) is 8.05. The highest BCUT2D eigenvalue weighted by Gasteiger charge is 2.39. The Balaban J connectivity index is 1.35. The van der Waals surface area contributed by atoms with E-state index in [0.717, 1.165) is 29.6 Å². The monoisotopic (exact) mass is 667 g/mol. The van der Waals surface area contributed by atoms with E-state index < -0.39 is 41.0 Å². The first-order chi connectivity index (χ1) is 22.1. The Morgan fingerprint density at radius 2 is 1.64 bits per heavy atom. The fourth-order valence-electron chi connectivity index (χ4n) is 6.22. The number of piperazine rings is 1. The van der Waals surface area contributed by atoms with Crippen LogP contribution in [0.2, 0.25) is 0 Å². The Bertz CT molecular complexity index is 1550. The molecule has 0 radical (unpaired) electrons. The lowest BCUT2D eigenvalue weighted by atomic mass is 9.98. The summed E-state index contributed by atoms with van der Waals surface area (Å²) in [4.78, 5) is 28.4. The van der Waals surface area contributed by atoms with Gasteiger partial charge in [-0.05, 0) is 57.0 Å². The number of amides is 1. The van der Waals surface area contributed by atoms with Gasteiger partial charge in [0.2, 0.25) is 0 Å². The normalized spacial score (nSPS) is 19.4. The maximum atomic E-state index is 13.8. The summed E-state index contributed by atoms with van der Waals surface area (Å²) in [5, 5.41) is 5.25. The zero-order valence-corrected chi connectivity index (χ0v) is 26.5. The Hall–Kier alpha value is -3.62. The second kappa shape index (κ2) is 13.9. The second-order valence-electron chi connectivity index (χ2n) is 12.8. The van der Waals surface area contributed by atoms with Crippen molar-refractivity contribution >= 4 is 22.5 Å². The van der Waals surface area contributed by atoms with Crippen LogP contribution in [0.1, 0.15) is 47.8 Å². The summed E-state index contributed by atoms with van der Waals surface area (Å²) in [5.41, 5.74) is -1.50. The van der Waals surface area contributed by atoms with Crippen molar-refractivity contribution in [3.63, 3.8) is 0 Å². The first-order valence-electron chi connectivity index (χ1n) is 15.5. The van der Waals surface area contributed by atoms with Crippen molar-refractivity contribution < 1.29 is 40.7 Å². The average molecular weight is 668 g/mol. The number of H-pyrrole nitrogens is 1. The van der Waals surface area contributed by atoms with Gasteiger partial charge in [-0.1, -0.05) is 23.4 Å². The largest absolute Gasteiger partial charge is 0.416 e. The highest BCUT2D eigenvalue weighted by atomic mass is 19.4. The van der Waals surface area contributed by atoms with Crippen LogP contribution in [-0.4, -0.2) is 102 Å². The number of ether oxygens (including phenoxy) is 1. The minimum absolute atomic E-state index is 0.0321. The van der Waals surface area contributed by atoms with E-state index in [9.17, 15) is 31.1 Å². The van der Waals surface area contributed by atoms with E-state index in [1.807, 2.05) is 37.4 Å². The van der Waals surface area contributed by atoms with Crippen LogP contribution in [0.4, 0.5) is 26.3 Å². The van der Waals surface area contributed by atoms with Crippen LogP contribution >= 0.6 is 0 Å². The molecule has 47 heavy (non-hydrogen) atoms. The predicted molar refractivity (Wildman–Crippen MR) is 165 cm³/mol. The third-order valence-electron chi connectivity index (χ3n) is 8.75. The standard InChI is InChI=1S/C33H39F6N5O3/c1-22(41-47-21-31(2,3)43-10-12-46-13-11-43)19-42-8-9-44(27(20-42)16-24-18-40-29-7-5-4-6-28(24)29)30(45)23-14-25(32(34,35)36)17-26(15-23)33(37,38)39/h4-7,14-15,17-18,27,40H,8-13,16,19-21H2,1-3H3/b41-22+/t27-/m1/s1. The molecule has 2 aromatic carbocycles. The number of hydrogen-bond acceptors (Lipinski definition) is 6. The van der Waals surface area contributed by atoms with Gasteiger partial charge in [-0.15, -0.1) is 0 Å². The molecule has 5 rings (SSSR count). The third kappa shape index (κ3) is 8.46. The van der Waals surface area contributed by atoms with E-state index in [0.29, 0.717) is 63.7 Å². The zero-order valence-electron chi connectivity index (χ0n) is 26.5. The number of para-hydroxylation sites is 1. The third-order valence-corrected chi connectivity index (χ3v) is 8.75. The fraction of sp³-hybridized carbons (Fsp3) is 0.515. The van der Waals surface area contributed by atoms with Gasteiger partial charge in [-0.3, -0.25) is 14.6 Å². The number of hydrogen-bond donors (Lipinski definition) is 1. The number of oxime groups is 1. The summed E-state index contributed by atoms with van der Waals surface area (Å²) < 4.78 is 87.1. The van der Waals surface area contributed by atoms with Gasteiger partial charge in [0.05, 0.1) is 35.6 Å². The molecule has 0 bridgehead atoms. The molecule has 1 N–H and O–H groups in total. The van der Waals surface area contributed by atoms with Gasteiger partial charge in [0.25, 0.3) is 5.91 Å². The maximum Gasteiger partial charge on any atom is 0.416 e. The number of nitrogens with one attached hydrogen (secondary N) is 1. The van der Waals surface area contributed by atoms with Gasteiger partial charge in [0.15, 0.2) is 0 Å². The molecule has 1 aromatic heterocycles. The molecular formula is C33H39F6N5O3. The van der Waals surface area contributed by atoms with Crippen LogP contribution in [0.25, 0.3) is 10.9 Å². The SMILES string of the molecule is C/C(CN1CCN(C(=O)c2cc(C(F)(F)F)cc(C(F)(F)F)c2)[C@H](Cc2c[nH]c3ccccc23)C1)=N\OCC(C)(C)N1CCOCC1. The minimum atomic E-state index is -5.06. The van der Waals surface area contributed by atoms with Crippen molar-refractivity contribution in [2.24, 2.45) is 5.16 Å². The molecule has 0 unspecified atom stereocenters. The molecule has 1 amide bonds. The molecule has 2 fully saturated rings. The number of benzene rings is 2. The smallest absolute Gasteiger partial charge is 0.394 e. The van der Waals surface area contributed by atoms with Crippen molar-refractivity contribution in [2.75, 3.05) is 59.1 Å². The fourth-order valence-corrected chi connectivity index (χ4v) is 6.22. The first-order valence-corrected chi connectivity index (χ1v) is 15.5. The molecule has 8 nitrogen and oxygen atoms in total. The van der Waals surface area contributed by atoms with Gasteiger partial charge < -0.3 is 19.5 Å². The van der Waals surface area contributed by atoms with Gasteiger partial charge in [-0.25, -0.2) is 0 Å². The molecule has 256 valence electrons. The van der Waals surface area contributed by atoms with E-state index in [1.165, 1.54) is 4.90 Å². The van der Waals surface area contributed by atoms with E-state index in [-0.39, 0.29) is 18.2 Å². The van der Waals surface area contributed by atoms with Crippen molar-refractivity contribution in [1.82, 2.24) is 19.7 Å². The van der Waals surface area contributed by atoms with Crippen LogP contribution in [0.3, 0.4) is 0 Å². The highest BCUT2D eigenvalue weighted by Crippen LogP contribution is 2.37. The minimum Gasteiger partial charge on any atom is -0.394 e. The quantitative estimate of drug-likeness (QED) is 0.170. The number of alkyl halides is 6. The number of morpholine rings is 1. The summed E-state index contributed by atoms with van der Waals surface area (Å²) in [6.07, 6.45) is -7.98. The topological polar surface area (TPSA) is 73.4 Å². The predicted octanol–water partition coefficient (Wildman–Crippen LogP) is 6.08.